The van der Waals surface area contributed by atoms with Gasteiger partial charge in [0.15, 0.2) is 0 Å². The highest BCUT2D eigenvalue weighted by Crippen LogP contribution is 2.29. The number of hydrogen-bond donors (Lipinski definition) is 0. The van der Waals surface area contributed by atoms with Gasteiger partial charge in [0, 0.05) is 6.04 Å². The van der Waals surface area contributed by atoms with Crippen molar-refractivity contribution in [1.82, 2.24) is 4.90 Å². The number of nitrogens with zero attached hydrogens (tertiary/aromatic N) is 1. The zero-order valence-electron chi connectivity index (χ0n) is 11.2. The Kier molecular flexibility index (Phi) is 5.54. The van der Waals surface area contributed by atoms with E-state index < -0.39 is 0 Å². The van der Waals surface area contributed by atoms with Crippen LogP contribution in [0.15, 0.2) is 35.5 Å². The summed E-state index contributed by atoms with van der Waals surface area (Å²) in [7, 11) is 4.37. The van der Waals surface area contributed by atoms with Crippen molar-refractivity contribution in [3.63, 3.8) is 0 Å². The van der Waals surface area contributed by atoms with E-state index in [0.29, 0.717) is 6.04 Å². The van der Waals surface area contributed by atoms with E-state index in [0.717, 1.165) is 6.42 Å². The lowest BCUT2D eigenvalue weighted by Gasteiger charge is -2.30. The second-order valence-electron chi connectivity index (χ2n) is 4.72. The van der Waals surface area contributed by atoms with E-state index >= 15 is 0 Å². The summed E-state index contributed by atoms with van der Waals surface area (Å²) in [5.74, 6) is 0. The van der Waals surface area contributed by atoms with E-state index in [-0.39, 0.29) is 0 Å². The van der Waals surface area contributed by atoms with Crippen LogP contribution in [0.25, 0.3) is 0 Å². The molecule has 0 heterocycles. The summed E-state index contributed by atoms with van der Waals surface area (Å²) in [6, 6.07) is 0.713. The van der Waals surface area contributed by atoms with Gasteiger partial charge in [-0.25, -0.2) is 0 Å². The van der Waals surface area contributed by atoms with E-state index in [4.69, 9.17) is 0 Å². The fourth-order valence-electron chi connectivity index (χ4n) is 2.24. The number of rotatable bonds is 4. The average molecular weight is 219 g/mol. The smallest absolute Gasteiger partial charge is 0.0133 e. The highest BCUT2D eigenvalue weighted by atomic mass is 15.1. The quantitative estimate of drug-likeness (QED) is 0.692. The van der Waals surface area contributed by atoms with Crippen molar-refractivity contribution < 1.29 is 0 Å². The molecule has 0 aromatic rings. The molecule has 1 heteroatoms. The van der Waals surface area contributed by atoms with Gasteiger partial charge in [0.2, 0.25) is 0 Å². The van der Waals surface area contributed by atoms with E-state index in [1.807, 2.05) is 0 Å². The molecule has 0 aliphatic heterocycles. The standard InChI is InChI=1S/C15H25N/c1-5-7-9-13-10-11-15(16(3)4)12-14(13)8-6-2/h6-9,15H,5,10-12H2,1-4H3/b8-6-,9-7-. The highest BCUT2D eigenvalue weighted by Gasteiger charge is 2.19. The van der Waals surface area contributed by atoms with Crippen LogP contribution in [0.1, 0.15) is 39.5 Å². The molecule has 0 saturated heterocycles. The third kappa shape index (κ3) is 3.64. The summed E-state index contributed by atoms with van der Waals surface area (Å²) in [6.07, 6.45) is 13.9. The lowest BCUT2D eigenvalue weighted by molar-refractivity contribution is 0.270. The third-order valence-electron chi connectivity index (χ3n) is 3.27. The van der Waals surface area contributed by atoms with Gasteiger partial charge in [0.25, 0.3) is 0 Å². The summed E-state index contributed by atoms with van der Waals surface area (Å²) >= 11 is 0. The second kappa shape index (κ2) is 6.70. The minimum Gasteiger partial charge on any atom is -0.306 e. The van der Waals surface area contributed by atoms with Crippen molar-refractivity contribution in [2.24, 2.45) is 0 Å². The first-order valence-electron chi connectivity index (χ1n) is 6.36. The second-order valence-corrected chi connectivity index (χ2v) is 4.72. The van der Waals surface area contributed by atoms with Crippen LogP contribution in [-0.4, -0.2) is 25.0 Å². The van der Waals surface area contributed by atoms with Crippen LogP contribution in [0.3, 0.4) is 0 Å². The van der Waals surface area contributed by atoms with Crippen molar-refractivity contribution in [3.05, 3.63) is 35.5 Å². The summed E-state index contributed by atoms with van der Waals surface area (Å²) in [4.78, 5) is 2.35. The Morgan fingerprint density at radius 3 is 2.56 bits per heavy atom. The topological polar surface area (TPSA) is 3.24 Å². The van der Waals surface area contributed by atoms with Crippen molar-refractivity contribution in [2.45, 2.75) is 45.6 Å². The van der Waals surface area contributed by atoms with Gasteiger partial charge in [0.05, 0.1) is 0 Å². The molecule has 0 radical (unpaired) electrons. The fourth-order valence-corrected chi connectivity index (χ4v) is 2.24. The Hall–Kier alpha value is -0.820. The summed E-state index contributed by atoms with van der Waals surface area (Å²) in [6.45, 7) is 4.30. The Morgan fingerprint density at radius 2 is 2.00 bits per heavy atom. The molecule has 0 aromatic carbocycles. The first kappa shape index (κ1) is 13.2. The fraction of sp³-hybridized carbons (Fsp3) is 0.600. The van der Waals surface area contributed by atoms with Gasteiger partial charge in [-0.15, -0.1) is 0 Å². The van der Waals surface area contributed by atoms with Crippen molar-refractivity contribution in [2.75, 3.05) is 14.1 Å². The minimum atomic E-state index is 0.713. The van der Waals surface area contributed by atoms with Gasteiger partial charge >= 0.3 is 0 Å². The van der Waals surface area contributed by atoms with Crippen LogP contribution in [0, 0.1) is 0 Å². The molecular weight excluding hydrogens is 194 g/mol. The molecule has 1 nitrogen and oxygen atoms in total. The van der Waals surface area contributed by atoms with Gasteiger partial charge < -0.3 is 4.90 Å². The monoisotopic (exact) mass is 219 g/mol. The first-order chi connectivity index (χ1) is 7.69. The molecule has 0 N–H and O–H groups in total. The van der Waals surface area contributed by atoms with Gasteiger partial charge in [-0.3, -0.25) is 0 Å². The molecule has 0 bridgehead atoms. The van der Waals surface area contributed by atoms with Gasteiger partial charge in [-0.2, -0.15) is 0 Å². The Balaban J connectivity index is 2.83. The summed E-state index contributed by atoms with van der Waals surface area (Å²) < 4.78 is 0. The maximum absolute atomic E-state index is 2.35. The maximum atomic E-state index is 2.35. The van der Waals surface area contributed by atoms with Crippen LogP contribution in [0.5, 0.6) is 0 Å². The molecule has 0 amide bonds. The summed E-state index contributed by atoms with van der Waals surface area (Å²) in [5, 5.41) is 0. The van der Waals surface area contributed by atoms with Crippen molar-refractivity contribution >= 4 is 0 Å². The molecule has 90 valence electrons. The molecule has 0 spiro atoms. The Bertz CT molecular complexity index is 295. The molecule has 1 atom stereocenters. The molecule has 1 rings (SSSR count). The van der Waals surface area contributed by atoms with E-state index in [1.54, 1.807) is 0 Å². The Morgan fingerprint density at radius 1 is 1.25 bits per heavy atom. The lowest BCUT2D eigenvalue weighted by atomic mass is 9.87. The zero-order valence-corrected chi connectivity index (χ0v) is 11.2. The molecule has 0 aromatic heterocycles. The van der Waals surface area contributed by atoms with Crippen LogP contribution >= 0.6 is 0 Å². The van der Waals surface area contributed by atoms with E-state index in [1.165, 1.54) is 30.4 Å². The van der Waals surface area contributed by atoms with Crippen molar-refractivity contribution in [3.8, 4) is 0 Å². The molecule has 16 heavy (non-hydrogen) atoms. The molecule has 1 aliphatic carbocycles. The van der Waals surface area contributed by atoms with Gasteiger partial charge in [0.1, 0.15) is 0 Å². The molecule has 1 unspecified atom stereocenters. The molecule has 1 aliphatic rings. The van der Waals surface area contributed by atoms with Crippen LogP contribution < -0.4 is 0 Å². The highest BCUT2D eigenvalue weighted by molar-refractivity contribution is 5.35. The van der Waals surface area contributed by atoms with E-state index in [9.17, 15) is 0 Å². The molecule has 0 fully saturated rings. The SMILES string of the molecule is C/C=C\C1=C(/C=C\CC)CCC(N(C)C)C1. The van der Waals surface area contributed by atoms with Gasteiger partial charge in [-0.05, 0) is 57.8 Å². The van der Waals surface area contributed by atoms with Crippen LogP contribution in [0.4, 0.5) is 0 Å². The number of allylic oxidation sites excluding steroid dienone is 5. The van der Waals surface area contributed by atoms with Crippen LogP contribution in [-0.2, 0) is 0 Å². The lowest BCUT2D eigenvalue weighted by Crippen LogP contribution is -2.30. The predicted molar refractivity (Wildman–Crippen MR) is 72.6 cm³/mol. The number of hydrogen-bond acceptors (Lipinski definition) is 1. The minimum absolute atomic E-state index is 0.713. The van der Waals surface area contributed by atoms with Gasteiger partial charge in [-0.1, -0.05) is 31.2 Å². The van der Waals surface area contributed by atoms with E-state index in [2.05, 4.69) is 57.1 Å². The first-order valence-corrected chi connectivity index (χ1v) is 6.36. The molecule has 0 saturated carbocycles. The van der Waals surface area contributed by atoms with Crippen LogP contribution in [0.2, 0.25) is 0 Å². The molecular formula is C15H25N. The average Bonchev–Trinajstić information content (AvgIpc) is 2.27. The maximum Gasteiger partial charge on any atom is 0.0133 e. The third-order valence-corrected chi connectivity index (χ3v) is 3.27. The summed E-state index contributed by atoms with van der Waals surface area (Å²) in [5.41, 5.74) is 3.07. The predicted octanol–water partition coefficient (Wildman–Crippen LogP) is 3.94. The normalized spacial score (nSPS) is 22.9. The van der Waals surface area contributed by atoms with Crippen molar-refractivity contribution in [1.29, 1.82) is 0 Å². The Labute approximate surface area is 101 Å². The largest absolute Gasteiger partial charge is 0.306 e. The zero-order chi connectivity index (χ0) is 12.0.